The van der Waals surface area contributed by atoms with Gasteiger partial charge in [-0.25, -0.2) is 0 Å². The third-order valence-corrected chi connectivity index (χ3v) is 5.33. The van der Waals surface area contributed by atoms with Gasteiger partial charge in [-0.2, -0.15) is 0 Å². The van der Waals surface area contributed by atoms with E-state index in [0.29, 0.717) is 25.9 Å². The molecule has 1 saturated heterocycles. The number of amides is 1. The highest BCUT2D eigenvalue weighted by Gasteiger charge is 2.27. The van der Waals surface area contributed by atoms with Gasteiger partial charge in [0.05, 0.1) is 7.11 Å². The fraction of sp³-hybridized carbons (Fsp3) is 0.273. The number of rotatable bonds is 5. The molecule has 0 atom stereocenters. The summed E-state index contributed by atoms with van der Waals surface area (Å²) in [5.74, 6) is 0.847. The van der Waals surface area contributed by atoms with Gasteiger partial charge in [0.15, 0.2) is 5.78 Å². The Kier molecular flexibility index (Phi) is 6.45. The number of carbonyl (C=O) groups excluding carboxylic acids is 2. The van der Waals surface area contributed by atoms with Gasteiger partial charge in [0.2, 0.25) is 5.91 Å². The van der Waals surface area contributed by atoms with Crippen LogP contribution in [0.1, 0.15) is 28.8 Å². The first-order valence-corrected chi connectivity index (χ1v) is 9.77. The maximum Gasteiger partial charge on any atom is 0.246 e. The average molecular weight is 428 g/mol. The number of carbonyl (C=O) groups is 2. The molecule has 0 bridgehead atoms. The summed E-state index contributed by atoms with van der Waals surface area (Å²) in [5, 5.41) is 0. The molecule has 2 aromatic rings. The lowest BCUT2D eigenvalue weighted by molar-refractivity contribution is -0.127. The largest absolute Gasteiger partial charge is 0.496 e. The fourth-order valence-electron chi connectivity index (χ4n) is 3.30. The van der Waals surface area contributed by atoms with E-state index in [-0.39, 0.29) is 17.6 Å². The van der Waals surface area contributed by atoms with Crippen LogP contribution in [0.3, 0.4) is 0 Å². The van der Waals surface area contributed by atoms with E-state index in [1.807, 2.05) is 48.5 Å². The zero-order valence-electron chi connectivity index (χ0n) is 15.2. The number of halogens is 1. The highest BCUT2D eigenvalue weighted by Crippen LogP contribution is 2.25. The van der Waals surface area contributed by atoms with E-state index >= 15 is 0 Å². The van der Waals surface area contributed by atoms with E-state index in [2.05, 4.69) is 15.9 Å². The van der Waals surface area contributed by atoms with Crippen LogP contribution in [0.15, 0.2) is 59.1 Å². The van der Waals surface area contributed by atoms with E-state index < -0.39 is 0 Å². The van der Waals surface area contributed by atoms with Gasteiger partial charge in [0, 0.05) is 40.7 Å². The number of piperidine rings is 1. The Balaban J connectivity index is 1.59. The van der Waals surface area contributed by atoms with Gasteiger partial charge in [-0.3, -0.25) is 9.59 Å². The van der Waals surface area contributed by atoms with Gasteiger partial charge < -0.3 is 9.64 Å². The summed E-state index contributed by atoms with van der Waals surface area (Å²) in [6.07, 6.45) is 4.75. The second kappa shape index (κ2) is 9.00. The van der Waals surface area contributed by atoms with Crippen LogP contribution in [0.4, 0.5) is 0 Å². The molecule has 1 amide bonds. The molecule has 0 aliphatic carbocycles. The van der Waals surface area contributed by atoms with Crippen LogP contribution in [-0.2, 0) is 4.79 Å². The number of nitrogens with zero attached hydrogens (tertiary/aromatic N) is 1. The maximum atomic E-state index is 12.6. The van der Waals surface area contributed by atoms with Crippen molar-refractivity contribution in [1.29, 1.82) is 0 Å². The van der Waals surface area contributed by atoms with Gasteiger partial charge in [-0.05, 0) is 37.1 Å². The van der Waals surface area contributed by atoms with Crippen molar-refractivity contribution in [2.75, 3.05) is 20.2 Å². The van der Waals surface area contributed by atoms with Crippen molar-refractivity contribution in [3.05, 3.63) is 70.2 Å². The number of ether oxygens (including phenoxy) is 1. The first kappa shape index (κ1) is 19.4. The van der Waals surface area contributed by atoms with E-state index in [1.165, 1.54) is 0 Å². The van der Waals surface area contributed by atoms with E-state index in [9.17, 15) is 9.59 Å². The predicted octanol–water partition coefficient (Wildman–Crippen LogP) is 4.59. The molecule has 1 aliphatic heterocycles. The van der Waals surface area contributed by atoms with Crippen LogP contribution < -0.4 is 4.74 Å². The maximum absolute atomic E-state index is 12.6. The van der Waals surface area contributed by atoms with E-state index in [4.69, 9.17) is 4.74 Å². The smallest absolute Gasteiger partial charge is 0.246 e. The summed E-state index contributed by atoms with van der Waals surface area (Å²) in [6.45, 7) is 1.20. The Bertz CT molecular complexity index is 840. The van der Waals surface area contributed by atoms with E-state index in [1.54, 1.807) is 24.2 Å². The lowest BCUT2D eigenvalue weighted by Crippen LogP contribution is -2.39. The second-order valence-electron chi connectivity index (χ2n) is 6.55. The van der Waals surface area contributed by atoms with Crippen LogP contribution in [0.25, 0.3) is 6.08 Å². The Morgan fingerprint density at radius 3 is 2.48 bits per heavy atom. The molecule has 1 aliphatic rings. The van der Waals surface area contributed by atoms with Crippen LogP contribution in [0, 0.1) is 5.92 Å². The van der Waals surface area contributed by atoms with Crippen molar-refractivity contribution in [2.45, 2.75) is 12.8 Å². The molecule has 0 unspecified atom stereocenters. The molecule has 140 valence electrons. The average Bonchev–Trinajstić information content (AvgIpc) is 2.72. The number of methoxy groups -OCH3 is 1. The van der Waals surface area contributed by atoms with Crippen molar-refractivity contribution in [3.8, 4) is 5.75 Å². The standard InChI is InChI=1S/C22H22BrNO3/c1-27-20-9-8-19(23)15-18(20)7-10-21(25)24-13-11-17(12-14-24)22(26)16-5-3-2-4-6-16/h2-10,15,17H,11-14H2,1H3. The normalized spacial score (nSPS) is 15.1. The summed E-state index contributed by atoms with van der Waals surface area (Å²) >= 11 is 3.43. The SMILES string of the molecule is COc1ccc(Br)cc1C=CC(=O)N1CCC(C(=O)c2ccccc2)CC1. The van der Waals surface area contributed by atoms with Gasteiger partial charge in [-0.1, -0.05) is 46.3 Å². The minimum atomic E-state index is -0.0392. The first-order chi connectivity index (χ1) is 13.1. The van der Waals surface area contributed by atoms with Crippen LogP contribution in [0.2, 0.25) is 0 Å². The van der Waals surface area contributed by atoms with Crippen LogP contribution >= 0.6 is 15.9 Å². The van der Waals surface area contributed by atoms with Gasteiger partial charge in [0.25, 0.3) is 0 Å². The minimum absolute atomic E-state index is 0.00870. The quantitative estimate of drug-likeness (QED) is 0.517. The molecular formula is C22H22BrNO3. The van der Waals surface area contributed by atoms with Gasteiger partial charge in [0.1, 0.15) is 5.75 Å². The molecule has 2 aromatic carbocycles. The molecule has 4 nitrogen and oxygen atoms in total. The lowest BCUT2D eigenvalue weighted by Gasteiger charge is -2.30. The number of ketones is 1. The summed E-state index contributed by atoms with van der Waals surface area (Å²) < 4.78 is 6.25. The number of hydrogen-bond donors (Lipinski definition) is 0. The highest BCUT2D eigenvalue weighted by molar-refractivity contribution is 9.10. The summed E-state index contributed by atoms with van der Waals surface area (Å²) in [5.41, 5.74) is 1.60. The predicted molar refractivity (Wildman–Crippen MR) is 110 cm³/mol. The Labute approximate surface area is 168 Å². The molecule has 0 aromatic heterocycles. The van der Waals surface area contributed by atoms with E-state index in [0.717, 1.165) is 21.3 Å². The third kappa shape index (κ3) is 4.86. The zero-order chi connectivity index (χ0) is 19.2. The van der Waals surface area contributed by atoms with Gasteiger partial charge >= 0.3 is 0 Å². The first-order valence-electron chi connectivity index (χ1n) is 8.98. The summed E-state index contributed by atoms with van der Waals surface area (Å²) in [4.78, 5) is 26.9. The molecule has 0 radical (unpaired) electrons. The Morgan fingerprint density at radius 1 is 1.11 bits per heavy atom. The molecule has 3 rings (SSSR count). The number of benzene rings is 2. The van der Waals surface area contributed by atoms with Crippen molar-refractivity contribution in [3.63, 3.8) is 0 Å². The highest BCUT2D eigenvalue weighted by atomic mass is 79.9. The lowest BCUT2D eigenvalue weighted by atomic mass is 9.89. The monoisotopic (exact) mass is 427 g/mol. The van der Waals surface area contributed by atoms with Crippen molar-refractivity contribution in [2.24, 2.45) is 5.92 Å². The molecule has 27 heavy (non-hydrogen) atoms. The second-order valence-corrected chi connectivity index (χ2v) is 7.47. The number of Topliss-reactive ketones (excluding diaryl/α,β-unsaturated/α-hetero) is 1. The summed E-state index contributed by atoms with van der Waals surface area (Å²) in [7, 11) is 1.61. The molecule has 5 heteroatoms. The van der Waals surface area contributed by atoms with Crippen molar-refractivity contribution >= 4 is 33.7 Å². The van der Waals surface area contributed by atoms with Crippen LogP contribution in [0.5, 0.6) is 5.75 Å². The molecule has 0 spiro atoms. The number of hydrogen-bond acceptors (Lipinski definition) is 3. The molecular weight excluding hydrogens is 406 g/mol. The number of likely N-dealkylation sites (tertiary alicyclic amines) is 1. The summed E-state index contributed by atoms with van der Waals surface area (Å²) in [6, 6.07) is 15.0. The van der Waals surface area contributed by atoms with Crippen molar-refractivity contribution < 1.29 is 14.3 Å². The Hall–Kier alpha value is -2.40. The van der Waals surface area contributed by atoms with Crippen molar-refractivity contribution in [1.82, 2.24) is 4.90 Å². The fourth-order valence-corrected chi connectivity index (χ4v) is 3.68. The minimum Gasteiger partial charge on any atom is -0.496 e. The zero-order valence-corrected chi connectivity index (χ0v) is 16.8. The Morgan fingerprint density at radius 2 is 1.81 bits per heavy atom. The molecule has 1 fully saturated rings. The van der Waals surface area contributed by atoms with Gasteiger partial charge in [-0.15, -0.1) is 0 Å². The molecule has 0 saturated carbocycles. The molecule has 1 heterocycles. The van der Waals surface area contributed by atoms with Crippen LogP contribution in [-0.4, -0.2) is 36.8 Å². The molecule has 0 N–H and O–H groups in total. The third-order valence-electron chi connectivity index (χ3n) is 4.83. The topological polar surface area (TPSA) is 46.6 Å².